The maximum absolute atomic E-state index is 12.0. The normalized spacial score (nSPS) is 33.3. The number of aliphatic hydroxyl groups is 1. The fourth-order valence-corrected chi connectivity index (χ4v) is 5.89. The van der Waals surface area contributed by atoms with Crippen LogP contribution in [-0.2, 0) is 19.1 Å². The molecule has 0 aromatic carbocycles. The quantitative estimate of drug-likeness (QED) is 0.510. The second-order valence-corrected chi connectivity index (χ2v) is 10.1. The molecule has 0 bridgehead atoms. The molecule has 5 heteroatoms. The Morgan fingerprint density at radius 1 is 1.21 bits per heavy atom. The summed E-state index contributed by atoms with van der Waals surface area (Å²) in [6, 6.07) is 0. The van der Waals surface area contributed by atoms with Gasteiger partial charge in [-0.25, -0.2) is 0 Å². The zero-order valence-electron chi connectivity index (χ0n) is 19.1. The Bertz CT molecular complexity index is 702. The van der Waals surface area contributed by atoms with E-state index in [0.29, 0.717) is 12.8 Å². The van der Waals surface area contributed by atoms with Crippen molar-refractivity contribution in [3.05, 3.63) is 23.8 Å². The van der Waals surface area contributed by atoms with Gasteiger partial charge in [0, 0.05) is 19.8 Å². The van der Waals surface area contributed by atoms with Gasteiger partial charge in [-0.15, -0.1) is 6.58 Å². The van der Waals surface area contributed by atoms with Crippen LogP contribution in [0.25, 0.3) is 0 Å². The van der Waals surface area contributed by atoms with E-state index >= 15 is 0 Å². The molecule has 5 nitrogen and oxygen atoms in total. The van der Waals surface area contributed by atoms with Crippen molar-refractivity contribution in [2.45, 2.75) is 98.4 Å². The Morgan fingerprint density at radius 3 is 2.31 bits per heavy atom. The fourth-order valence-electron chi connectivity index (χ4n) is 5.89. The van der Waals surface area contributed by atoms with Gasteiger partial charge >= 0.3 is 11.9 Å². The lowest BCUT2D eigenvalue weighted by molar-refractivity contribution is -0.185. The number of allylic oxidation sites excluding steroid dienone is 1. The number of hydrogen-bond acceptors (Lipinski definition) is 5. The summed E-state index contributed by atoms with van der Waals surface area (Å²) in [4.78, 5) is 23.9. The molecule has 0 amide bonds. The molecule has 0 aromatic rings. The number of esters is 2. The summed E-state index contributed by atoms with van der Waals surface area (Å²) in [5.74, 6) is -0.729. The van der Waals surface area contributed by atoms with Gasteiger partial charge in [-0.05, 0) is 55.9 Å². The van der Waals surface area contributed by atoms with E-state index in [1.54, 1.807) is 13.0 Å². The lowest BCUT2D eigenvalue weighted by Crippen LogP contribution is -2.58. The first-order chi connectivity index (χ1) is 13.2. The van der Waals surface area contributed by atoms with Crippen LogP contribution in [0.1, 0.15) is 80.6 Å². The third kappa shape index (κ3) is 4.76. The van der Waals surface area contributed by atoms with Crippen molar-refractivity contribution in [1.82, 2.24) is 0 Å². The van der Waals surface area contributed by atoms with E-state index in [1.807, 2.05) is 6.92 Å². The van der Waals surface area contributed by atoms with E-state index < -0.39 is 17.8 Å². The van der Waals surface area contributed by atoms with E-state index in [-0.39, 0.29) is 28.7 Å². The third-order valence-electron chi connectivity index (χ3n) is 7.18. The predicted octanol–water partition coefficient (Wildman–Crippen LogP) is 4.73. The number of ether oxygens (including phenoxy) is 2. The van der Waals surface area contributed by atoms with Crippen LogP contribution in [0.4, 0.5) is 0 Å². The van der Waals surface area contributed by atoms with Crippen LogP contribution in [0, 0.1) is 16.7 Å². The maximum Gasteiger partial charge on any atom is 0.303 e. The first-order valence-electron chi connectivity index (χ1n) is 10.7. The van der Waals surface area contributed by atoms with E-state index in [4.69, 9.17) is 9.47 Å². The Kier molecular flexibility index (Phi) is 6.73. The molecular weight excluding hydrogens is 368 g/mol. The second-order valence-electron chi connectivity index (χ2n) is 10.1. The van der Waals surface area contributed by atoms with E-state index in [2.05, 4.69) is 27.4 Å². The summed E-state index contributed by atoms with van der Waals surface area (Å²) in [5.41, 5.74) is 0.917. The van der Waals surface area contributed by atoms with Gasteiger partial charge in [0.2, 0.25) is 0 Å². The van der Waals surface area contributed by atoms with Crippen LogP contribution < -0.4 is 0 Å². The summed E-state index contributed by atoms with van der Waals surface area (Å²) >= 11 is 0. The van der Waals surface area contributed by atoms with Crippen molar-refractivity contribution in [3.8, 4) is 0 Å². The van der Waals surface area contributed by atoms with E-state index in [1.165, 1.54) is 19.4 Å². The molecule has 1 fully saturated rings. The largest absolute Gasteiger partial charge is 0.458 e. The Hall–Kier alpha value is -1.62. The lowest BCUT2D eigenvalue weighted by atomic mass is 9.48. The standard InChI is InChI=1S/C24H38O5/c1-9-23(7,27)14-11-18-15(2)19(28-16(3)25)20(29-17(4)26)21-22(5,6)12-10-13-24(18,21)8/h9,19-21,27H,1,10-14H2,2-8H3/t19-,20-,21-,23+,24+/m0/s1. The van der Waals surface area contributed by atoms with Crippen molar-refractivity contribution in [1.29, 1.82) is 0 Å². The summed E-state index contributed by atoms with van der Waals surface area (Å²) in [5, 5.41) is 10.5. The maximum atomic E-state index is 12.0. The van der Waals surface area contributed by atoms with Crippen LogP contribution in [0.15, 0.2) is 23.8 Å². The Labute approximate surface area is 175 Å². The predicted molar refractivity (Wildman–Crippen MR) is 113 cm³/mol. The molecular formula is C24H38O5. The number of rotatable bonds is 6. The molecule has 0 unspecified atom stereocenters. The van der Waals surface area contributed by atoms with Gasteiger partial charge in [-0.2, -0.15) is 0 Å². The molecule has 0 radical (unpaired) electrons. The molecule has 2 aliphatic rings. The van der Waals surface area contributed by atoms with Crippen LogP contribution >= 0.6 is 0 Å². The minimum Gasteiger partial charge on any atom is -0.458 e. The SMILES string of the molecule is C=C[C@@](C)(O)CCC1=C(C)[C@H](OC(C)=O)[C@H](OC(C)=O)[C@H]2C(C)(C)CCC[C@]12C. The zero-order chi connectivity index (χ0) is 22.2. The molecule has 29 heavy (non-hydrogen) atoms. The summed E-state index contributed by atoms with van der Waals surface area (Å²) in [7, 11) is 0. The van der Waals surface area contributed by atoms with Gasteiger partial charge in [0.15, 0.2) is 6.10 Å². The summed E-state index contributed by atoms with van der Waals surface area (Å²) in [6.07, 6.45) is 4.76. The Morgan fingerprint density at radius 2 is 1.79 bits per heavy atom. The van der Waals surface area contributed by atoms with Gasteiger partial charge < -0.3 is 14.6 Å². The van der Waals surface area contributed by atoms with E-state index in [0.717, 1.165) is 24.8 Å². The summed E-state index contributed by atoms with van der Waals surface area (Å²) < 4.78 is 11.6. The molecule has 0 spiro atoms. The Balaban J connectivity index is 2.63. The van der Waals surface area contributed by atoms with Crippen molar-refractivity contribution < 1.29 is 24.2 Å². The van der Waals surface area contributed by atoms with Crippen molar-refractivity contribution in [3.63, 3.8) is 0 Å². The molecule has 0 aliphatic heterocycles. The highest BCUT2D eigenvalue weighted by Crippen LogP contribution is 2.61. The first-order valence-corrected chi connectivity index (χ1v) is 10.7. The molecule has 164 valence electrons. The smallest absolute Gasteiger partial charge is 0.303 e. The monoisotopic (exact) mass is 406 g/mol. The first kappa shape index (κ1) is 23.7. The molecule has 2 aliphatic carbocycles. The van der Waals surface area contributed by atoms with Crippen LogP contribution in [-0.4, -0.2) is 34.9 Å². The van der Waals surface area contributed by atoms with Gasteiger partial charge in [-0.3, -0.25) is 9.59 Å². The highest BCUT2D eigenvalue weighted by molar-refractivity contribution is 5.68. The van der Waals surface area contributed by atoms with Crippen LogP contribution in [0.3, 0.4) is 0 Å². The summed E-state index contributed by atoms with van der Waals surface area (Å²) in [6.45, 7) is 17.0. The van der Waals surface area contributed by atoms with Gasteiger partial charge in [0.25, 0.3) is 0 Å². The minimum absolute atomic E-state index is 0.0179. The van der Waals surface area contributed by atoms with Crippen molar-refractivity contribution >= 4 is 11.9 Å². The highest BCUT2D eigenvalue weighted by atomic mass is 16.6. The van der Waals surface area contributed by atoms with Gasteiger partial charge in [0.1, 0.15) is 6.10 Å². The average molecular weight is 407 g/mol. The molecule has 5 atom stereocenters. The third-order valence-corrected chi connectivity index (χ3v) is 7.18. The van der Waals surface area contributed by atoms with E-state index in [9.17, 15) is 14.7 Å². The van der Waals surface area contributed by atoms with Crippen molar-refractivity contribution in [2.75, 3.05) is 0 Å². The molecule has 0 aromatic heterocycles. The van der Waals surface area contributed by atoms with Crippen LogP contribution in [0.5, 0.6) is 0 Å². The van der Waals surface area contributed by atoms with Gasteiger partial charge in [-0.1, -0.05) is 38.8 Å². The topological polar surface area (TPSA) is 72.8 Å². The molecule has 0 heterocycles. The van der Waals surface area contributed by atoms with Gasteiger partial charge in [0.05, 0.1) is 5.60 Å². The molecule has 1 saturated carbocycles. The number of carbonyl (C=O) groups excluding carboxylic acids is 2. The lowest BCUT2D eigenvalue weighted by Gasteiger charge is -2.58. The minimum atomic E-state index is -0.965. The molecule has 2 rings (SSSR count). The fraction of sp³-hybridized carbons (Fsp3) is 0.750. The molecule has 1 N–H and O–H groups in total. The second kappa shape index (κ2) is 8.25. The number of hydrogen-bond donors (Lipinski definition) is 1. The highest BCUT2D eigenvalue weighted by Gasteiger charge is 2.59. The number of fused-ring (bicyclic) bond motifs is 1. The number of carbonyl (C=O) groups is 2. The molecule has 0 saturated heterocycles. The van der Waals surface area contributed by atoms with Crippen molar-refractivity contribution in [2.24, 2.45) is 16.7 Å². The average Bonchev–Trinajstić information content (AvgIpc) is 2.56. The zero-order valence-corrected chi connectivity index (χ0v) is 19.1. The van der Waals surface area contributed by atoms with Crippen LogP contribution in [0.2, 0.25) is 0 Å².